The third-order valence-corrected chi connectivity index (χ3v) is 4.13. The highest BCUT2D eigenvalue weighted by Crippen LogP contribution is 2.16. The number of aliphatic imine (C=N–C) groups is 1. The highest BCUT2D eigenvalue weighted by atomic mass is 32.1. The van der Waals surface area contributed by atoms with Crippen molar-refractivity contribution in [2.75, 3.05) is 6.54 Å². The smallest absolute Gasteiger partial charge is 0.284 e. The van der Waals surface area contributed by atoms with Gasteiger partial charge in [0.05, 0.1) is 17.2 Å². The van der Waals surface area contributed by atoms with Gasteiger partial charge in [0.25, 0.3) is 5.91 Å². The highest BCUT2D eigenvalue weighted by Gasteiger charge is 2.08. The Morgan fingerprint density at radius 1 is 1.39 bits per heavy atom. The number of hydrogen-bond donors (Lipinski definition) is 3. The van der Waals surface area contributed by atoms with Crippen molar-refractivity contribution in [2.24, 2.45) is 10.7 Å². The lowest BCUT2D eigenvalue weighted by atomic mass is 10.4. The van der Waals surface area contributed by atoms with Crippen LogP contribution in [0.3, 0.4) is 0 Å². The van der Waals surface area contributed by atoms with Crippen molar-refractivity contribution < 1.29 is 9.21 Å². The molecule has 124 valence electrons. The summed E-state index contributed by atoms with van der Waals surface area (Å²) in [6.45, 7) is 7.72. The summed E-state index contributed by atoms with van der Waals surface area (Å²) in [6, 6.07) is 3.25. The van der Waals surface area contributed by atoms with Gasteiger partial charge in [0.1, 0.15) is 12.3 Å². The van der Waals surface area contributed by atoms with E-state index in [4.69, 9.17) is 10.2 Å². The lowest BCUT2D eigenvalue weighted by molar-refractivity contribution is 0.0972. The molecular formula is C15H21N5O2S. The largest absolute Gasteiger partial charge is 0.454 e. The second-order valence-electron chi connectivity index (χ2n) is 4.92. The van der Waals surface area contributed by atoms with Crippen LogP contribution in [0.15, 0.2) is 21.5 Å². The Morgan fingerprint density at radius 3 is 2.74 bits per heavy atom. The first-order valence-electron chi connectivity index (χ1n) is 7.33. The molecule has 0 aliphatic carbocycles. The third-order valence-electron chi connectivity index (χ3n) is 3.06. The van der Waals surface area contributed by atoms with Crippen molar-refractivity contribution in [3.05, 3.63) is 39.2 Å². The molecule has 2 aromatic rings. The quantitative estimate of drug-likeness (QED) is 0.550. The molecule has 0 saturated carbocycles. The first-order chi connectivity index (χ1) is 11.0. The Hall–Kier alpha value is -2.35. The normalized spacial score (nSPS) is 11.5. The molecule has 0 bridgehead atoms. The van der Waals surface area contributed by atoms with E-state index in [2.05, 4.69) is 20.6 Å². The van der Waals surface area contributed by atoms with E-state index in [0.29, 0.717) is 24.8 Å². The molecule has 1 amide bonds. The minimum absolute atomic E-state index is 0.143. The van der Waals surface area contributed by atoms with E-state index in [9.17, 15) is 4.79 Å². The molecule has 23 heavy (non-hydrogen) atoms. The molecule has 2 heterocycles. The summed E-state index contributed by atoms with van der Waals surface area (Å²) in [5, 5.41) is 7.49. The molecule has 8 heteroatoms. The Kier molecular flexibility index (Phi) is 5.75. The molecule has 0 aromatic carbocycles. The molecular weight excluding hydrogens is 314 g/mol. The first-order valence-corrected chi connectivity index (χ1v) is 8.14. The number of aromatic nitrogens is 1. The maximum absolute atomic E-state index is 11.0. The van der Waals surface area contributed by atoms with E-state index in [1.165, 1.54) is 4.88 Å². The van der Waals surface area contributed by atoms with E-state index in [1.54, 1.807) is 23.5 Å². The number of guanidine groups is 1. The lowest BCUT2D eigenvalue weighted by Gasteiger charge is -2.10. The van der Waals surface area contributed by atoms with Crippen molar-refractivity contribution in [1.82, 2.24) is 15.6 Å². The average molecular weight is 335 g/mol. The predicted octanol–water partition coefficient (Wildman–Crippen LogP) is 1.71. The fraction of sp³-hybridized carbons (Fsp3) is 0.400. The SMILES string of the molecule is CCNC(=NCc1ccc(C(N)=O)o1)NCc1sc(C)nc1C. The number of rotatable bonds is 6. The molecule has 4 N–H and O–H groups in total. The number of thiazole rings is 1. The van der Waals surface area contributed by atoms with Crippen LogP contribution in [-0.4, -0.2) is 23.4 Å². The lowest BCUT2D eigenvalue weighted by Crippen LogP contribution is -2.36. The van der Waals surface area contributed by atoms with Crippen molar-refractivity contribution in [3.8, 4) is 0 Å². The van der Waals surface area contributed by atoms with Crippen molar-refractivity contribution >= 4 is 23.2 Å². The zero-order valence-electron chi connectivity index (χ0n) is 13.5. The number of primary amides is 1. The fourth-order valence-corrected chi connectivity index (χ4v) is 2.87. The van der Waals surface area contributed by atoms with E-state index in [1.807, 2.05) is 20.8 Å². The Labute approximate surface area is 139 Å². The van der Waals surface area contributed by atoms with Gasteiger partial charge >= 0.3 is 0 Å². The van der Waals surface area contributed by atoms with Crippen molar-refractivity contribution in [3.63, 3.8) is 0 Å². The van der Waals surface area contributed by atoms with Gasteiger partial charge in [-0.1, -0.05) is 0 Å². The number of amides is 1. The topological polar surface area (TPSA) is 106 Å². The van der Waals surface area contributed by atoms with Crippen LogP contribution in [0.5, 0.6) is 0 Å². The number of carbonyl (C=O) groups excluding carboxylic acids is 1. The summed E-state index contributed by atoms with van der Waals surface area (Å²) in [6.07, 6.45) is 0. The molecule has 0 unspecified atom stereocenters. The average Bonchev–Trinajstić information content (AvgIpc) is 3.08. The van der Waals surface area contributed by atoms with Gasteiger partial charge in [-0.3, -0.25) is 4.79 Å². The van der Waals surface area contributed by atoms with Crippen LogP contribution in [0.2, 0.25) is 0 Å². The van der Waals surface area contributed by atoms with E-state index in [0.717, 1.165) is 17.2 Å². The van der Waals surface area contributed by atoms with Crippen molar-refractivity contribution in [1.29, 1.82) is 0 Å². The Morgan fingerprint density at radius 2 is 2.17 bits per heavy atom. The summed E-state index contributed by atoms with van der Waals surface area (Å²) in [7, 11) is 0. The number of carbonyl (C=O) groups is 1. The number of furan rings is 1. The monoisotopic (exact) mass is 335 g/mol. The Balaban J connectivity index is 1.98. The van der Waals surface area contributed by atoms with Crippen LogP contribution >= 0.6 is 11.3 Å². The van der Waals surface area contributed by atoms with Gasteiger partial charge < -0.3 is 20.8 Å². The minimum atomic E-state index is -0.582. The van der Waals surface area contributed by atoms with Gasteiger partial charge in [-0.25, -0.2) is 9.98 Å². The second kappa shape index (κ2) is 7.77. The minimum Gasteiger partial charge on any atom is -0.454 e. The number of nitrogens with two attached hydrogens (primary N) is 1. The molecule has 2 aromatic heterocycles. The molecule has 0 atom stereocenters. The molecule has 0 spiro atoms. The second-order valence-corrected chi connectivity index (χ2v) is 6.21. The zero-order chi connectivity index (χ0) is 16.8. The van der Waals surface area contributed by atoms with E-state index >= 15 is 0 Å². The highest BCUT2D eigenvalue weighted by molar-refractivity contribution is 7.11. The maximum atomic E-state index is 11.0. The standard InChI is InChI=1S/C15H21N5O2S/c1-4-17-15(19-8-13-9(2)20-10(3)23-13)18-7-11-5-6-12(22-11)14(16)21/h5-6H,4,7-8H2,1-3H3,(H2,16,21)(H2,17,18,19). The van der Waals surface area contributed by atoms with Crippen LogP contribution < -0.4 is 16.4 Å². The maximum Gasteiger partial charge on any atom is 0.284 e. The summed E-state index contributed by atoms with van der Waals surface area (Å²) in [5.41, 5.74) is 6.20. The van der Waals surface area contributed by atoms with Crippen LogP contribution in [-0.2, 0) is 13.1 Å². The molecule has 7 nitrogen and oxygen atoms in total. The van der Waals surface area contributed by atoms with Gasteiger partial charge in [0, 0.05) is 11.4 Å². The number of hydrogen-bond acceptors (Lipinski definition) is 5. The Bertz CT molecular complexity index is 705. The molecule has 0 aliphatic rings. The van der Waals surface area contributed by atoms with Gasteiger partial charge in [-0.2, -0.15) is 0 Å². The molecule has 2 rings (SSSR count). The van der Waals surface area contributed by atoms with Crippen LogP contribution in [0, 0.1) is 13.8 Å². The summed E-state index contributed by atoms with van der Waals surface area (Å²) >= 11 is 1.67. The van der Waals surface area contributed by atoms with Crippen LogP contribution in [0.1, 0.15) is 38.8 Å². The zero-order valence-corrected chi connectivity index (χ0v) is 14.3. The van der Waals surface area contributed by atoms with Crippen LogP contribution in [0.4, 0.5) is 0 Å². The van der Waals surface area contributed by atoms with E-state index in [-0.39, 0.29) is 5.76 Å². The van der Waals surface area contributed by atoms with Gasteiger partial charge in [0.15, 0.2) is 11.7 Å². The molecule has 0 fully saturated rings. The molecule has 0 radical (unpaired) electrons. The van der Waals surface area contributed by atoms with E-state index < -0.39 is 5.91 Å². The third kappa shape index (κ3) is 4.82. The van der Waals surface area contributed by atoms with Gasteiger partial charge in [-0.05, 0) is 32.9 Å². The number of nitrogens with one attached hydrogen (secondary N) is 2. The first kappa shape index (κ1) is 17.0. The van der Waals surface area contributed by atoms with Crippen molar-refractivity contribution in [2.45, 2.75) is 33.9 Å². The summed E-state index contributed by atoms with van der Waals surface area (Å²) < 4.78 is 5.31. The number of aryl methyl sites for hydroxylation is 2. The predicted molar refractivity (Wildman–Crippen MR) is 90.5 cm³/mol. The van der Waals surface area contributed by atoms with Crippen LogP contribution in [0.25, 0.3) is 0 Å². The molecule has 0 aliphatic heterocycles. The van der Waals surface area contributed by atoms with Gasteiger partial charge in [-0.15, -0.1) is 11.3 Å². The number of nitrogens with zero attached hydrogens (tertiary/aromatic N) is 2. The van der Waals surface area contributed by atoms with Gasteiger partial charge in [0.2, 0.25) is 0 Å². The fourth-order valence-electron chi connectivity index (χ4n) is 2.00. The summed E-state index contributed by atoms with van der Waals surface area (Å²) in [4.78, 5) is 21.0. The summed E-state index contributed by atoms with van der Waals surface area (Å²) in [5.74, 6) is 0.820. The molecule has 0 saturated heterocycles.